The van der Waals surface area contributed by atoms with Gasteiger partial charge in [0.1, 0.15) is 11.2 Å². The Morgan fingerprint density at radius 3 is 1.64 bits per heavy atom. The smallest absolute Gasteiger partial charge is 0.339 e. The average Bonchev–Trinajstić information content (AvgIpc) is 3.20. The van der Waals surface area contributed by atoms with Crippen molar-refractivity contribution in [2.75, 3.05) is 0 Å². The molecular weight excluding hydrogens is 352 g/mol. The van der Waals surface area contributed by atoms with Crippen molar-refractivity contribution >= 4 is 11.9 Å². The SMILES string of the molecule is CCCC1C2(OC(=O)C3=C2CCC=C3)C(CCC)C12OC(=O)C1=C2CCC=C1. The van der Waals surface area contributed by atoms with E-state index in [0.29, 0.717) is 0 Å². The third kappa shape index (κ3) is 1.96. The number of hydrogen-bond acceptors (Lipinski definition) is 4. The van der Waals surface area contributed by atoms with Crippen LogP contribution in [0.15, 0.2) is 46.6 Å². The van der Waals surface area contributed by atoms with E-state index in [4.69, 9.17) is 9.47 Å². The van der Waals surface area contributed by atoms with Gasteiger partial charge in [-0.1, -0.05) is 51.0 Å². The number of esters is 2. The van der Waals surface area contributed by atoms with Crippen LogP contribution in [0.1, 0.15) is 65.2 Å². The molecule has 0 unspecified atom stereocenters. The standard InChI is InChI=1S/C24H28O4/c1-3-9-19-23(17-13-7-5-11-15(17)21(25)27-23)20(10-4-2)24(19)18-14-8-6-12-16(18)22(26)28-24/h5-6,11-12,19-20H,3-4,7-10,13-14H2,1-2H3. The number of carbonyl (C=O) groups excluding carboxylic acids is 2. The maximum Gasteiger partial charge on any atom is 0.339 e. The highest BCUT2D eigenvalue weighted by atomic mass is 16.6. The molecule has 0 aromatic carbocycles. The molecule has 5 aliphatic rings. The quantitative estimate of drug-likeness (QED) is 0.663. The van der Waals surface area contributed by atoms with Crippen molar-refractivity contribution in [3.8, 4) is 0 Å². The van der Waals surface area contributed by atoms with Gasteiger partial charge in [-0.2, -0.15) is 0 Å². The van der Waals surface area contributed by atoms with E-state index in [-0.39, 0.29) is 23.8 Å². The summed E-state index contributed by atoms with van der Waals surface area (Å²) in [4.78, 5) is 25.6. The zero-order valence-electron chi connectivity index (χ0n) is 16.8. The third-order valence-electron chi connectivity index (χ3n) is 7.47. The van der Waals surface area contributed by atoms with E-state index >= 15 is 0 Å². The van der Waals surface area contributed by atoms with Crippen LogP contribution < -0.4 is 0 Å². The summed E-state index contributed by atoms with van der Waals surface area (Å²) in [6.07, 6.45) is 15.4. The van der Waals surface area contributed by atoms with Crippen LogP contribution in [-0.4, -0.2) is 23.1 Å². The van der Waals surface area contributed by atoms with E-state index in [9.17, 15) is 9.59 Å². The van der Waals surface area contributed by atoms with Crippen LogP contribution in [0.5, 0.6) is 0 Å². The molecule has 0 aromatic heterocycles. The van der Waals surface area contributed by atoms with Gasteiger partial charge in [0, 0.05) is 11.8 Å². The summed E-state index contributed by atoms with van der Waals surface area (Å²) in [5.41, 5.74) is 2.66. The average molecular weight is 380 g/mol. The predicted molar refractivity (Wildman–Crippen MR) is 105 cm³/mol. The van der Waals surface area contributed by atoms with Crippen molar-refractivity contribution < 1.29 is 19.1 Å². The Morgan fingerprint density at radius 1 is 0.821 bits per heavy atom. The molecule has 0 saturated heterocycles. The first-order chi connectivity index (χ1) is 13.6. The second kappa shape index (κ2) is 6.20. The summed E-state index contributed by atoms with van der Waals surface area (Å²) in [6.45, 7) is 4.32. The number of allylic oxidation sites excluding steroid dienone is 2. The molecule has 0 amide bonds. The monoisotopic (exact) mass is 380 g/mol. The molecule has 0 bridgehead atoms. The Bertz CT molecular complexity index is 789. The van der Waals surface area contributed by atoms with Crippen molar-refractivity contribution in [3.05, 3.63) is 46.6 Å². The van der Waals surface area contributed by atoms with Crippen molar-refractivity contribution in [3.63, 3.8) is 0 Å². The molecule has 28 heavy (non-hydrogen) atoms. The fourth-order valence-corrected chi connectivity index (χ4v) is 6.65. The highest BCUT2D eigenvalue weighted by Crippen LogP contribution is 2.70. The van der Waals surface area contributed by atoms with Crippen LogP contribution in [0, 0.1) is 11.8 Å². The summed E-state index contributed by atoms with van der Waals surface area (Å²) >= 11 is 0. The second-order valence-electron chi connectivity index (χ2n) is 8.71. The summed E-state index contributed by atoms with van der Waals surface area (Å²) in [5, 5.41) is 0. The Kier molecular flexibility index (Phi) is 3.98. The van der Waals surface area contributed by atoms with Crippen molar-refractivity contribution in [2.45, 2.75) is 76.4 Å². The molecule has 3 aliphatic carbocycles. The van der Waals surface area contributed by atoms with E-state index < -0.39 is 11.2 Å². The zero-order valence-corrected chi connectivity index (χ0v) is 16.8. The Labute approximate surface area is 166 Å². The van der Waals surface area contributed by atoms with Gasteiger partial charge in [0.05, 0.1) is 11.1 Å². The largest absolute Gasteiger partial charge is 0.450 e. The topological polar surface area (TPSA) is 52.6 Å². The summed E-state index contributed by atoms with van der Waals surface area (Å²) < 4.78 is 12.5. The Balaban J connectivity index is 1.69. The van der Waals surface area contributed by atoms with E-state index in [1.807, 2.05) is 12.2 Å². The predicted octanol–water partition coefficient (Wildman–Crippen LogP) is 4.72. The van der Waals surface area contributed by atoms with Gasteiger partial charge in [0.25, 0.3) is 0 Å². The van der Waals surface area contributed by atoms with E-state index in [0.717, 1.165) is 62.5 Å². The molecule has 0 atom stereocenters. The minimum atomic E-state index is -0.590. The van der Waals surface area contributed by atoms with Crippen LogP contribution in [0.2, 0.25) is 0 Å². The Morgan fingerprint density at radius 2 is 1.25 bits per heavy atom. The zero-order chi connectivity index (χ0) is 19.5. The lowest BCUT2D eigenvalue weighted by atomic mass is 9.43. The minimum absolute atomic E-state index is 0.0208. The van der Waals surface area contributed by atoms with E-state index in [2.05, 4.69) is 26.0 Å². The molecule has 0 aromatic rings. The van der Waals surface area contributed by atoms with Crippen LogP contribution >= 0.6 is 0 Å². The molecule has 0 N–H and O–H groups in total. The number of ether oxygens (including phenoxy) is 2. The molecule has 5 rings (SSSR count). The first-order valence-corrected chi connectivity index (χ1v) is 10.9. The molecule has 2 aliphatic heterocycles. The fourth-order valence-electron chi connectivity index (χ4n) is 6.65. The van der Waals surface area contributed by atoms with Crippen LogP contribution in [0.3, 0.4) is 0 Å². The number of fused-ring (bicyclic) bond motifs is 2. The van der Waals surface area contributed by atoms with Crippen molar-refractivity contribution in [2.24, 2.45) is 11.8 Å². The lowest BCUT2D eigenvalue weighted by molar-refractivity contribution is -0.266. The molecular formula is C24H28O4. The second-order valence-corrected chi connectivity index (χ2v) is 8.71. The molecule has 2 heterocycles. The van der Waals surface area contributed by atoms with Gasteiger partial charge >= 0.3 is 11.9 Å². The van der Waals surface area contributed by atoms with E-state index in [1.165, 1.54) is 11.1 Å². The maximum atomic E-state index is 12.8. The van der Waals surface area contributed by atoms with Gasteiger partial charge in [-0.3, -0.25) is 0 Å². The lowest BCUT2D eigenvalue weighted by Gasteiger charge is -2.65. The summed E-state index contributed by atoms with van der Waals surface area (Å²) in [7, 11) is 0. The molecule has 1 fully saturated rings. The molecule has 2 spiro atoms. The molecule has 0 radical (unpaired) electrons. The molecule has 4 nitrogen and oxygen atoms in total. The van der Waals surface area contributed by atoms with Crippen LogP contribution in [0.4, 0.5) is 0 Å². The highest BCUT2D eigenvalue weighted by Gasteiger charge is 2.79. The van der Waals surface area contributed by atoms with Crippen molar-refractivity contribution in [1.29, 1.82) is 0 Å². The normalized spacial score (nSPS) is 38.1. The first kappa shape index (κ1) is 18.0. The first-order valence-electron chi connectivity index (χ1n) is 10.9. The van der Waals surface area contributed by atoms with Gasteiger partial charge in [-0.25, -0.2) is 9.59 Å². The highest BCUT2D eigenvalue weighted by molar-refractivity contribution is 5.99. The number of hydrogen-bond donors (Lipinski definition) is 0. The Hall–Kier alpha value is -2.10. The van der Waals surface area contributed by atoms with Gasteiger partial charge < -0.3 is 9.47 Å². The van der Waals surface area contributed by atoms with Crippen molar-refractivity contribution in [1.82, 2.24) is 0 Å². The van der Waals surface area contributed by atoms with Crippen LogP contribution in [-0.2, 0) is 19.1 Å². The molecule has 148 valence electrons. The number of carbonyl (C=O) groups is 2. The van der Waals surface area contributed by atoms with E-state index in [1.54, 1.807) is 0 Å². The summed E-state index contributed by atoms with van der Waals surface area (Å²) in [5.74, 6) is -0.338. The van der Waals surface area contributed by atoms with Gasteiger partial charge in [-0.15, -0.1) is 0 Å². The van der Waals surface area contributed by atoms with Gasteiger partial charge in [0.2, 0.25) is 0 Å². The molecule has 1 saturated carbocycles. The maximum absolute atomic E-state index is 12.8. The van der Waals surface area contributed by atoms with Crippen LogP contribution in [0.25, 0.3) is 0 Å². The fraction of sp³-hybridized carbons (Fsp3) is 0.583. The minimum Gasteiger partial charge on any atom is -0.450 e. The third-order valence-corrected chi connectivity index (χ3v) is 7.47. The number of rotatable bonds is 4. The summed E-state index contributed by atoms with van der Waals surface area (Å²) in [6, 6.07) is 0. The van der Waals surface area contributed by atoms with Gasteiger partial charge in [0.15, 0.2) is 0 Å². The lowest BCUT2D eigenvalue weighted by Crippen LogP contribution is -2.75. The van der Waals surface area contributed by atoms with Gasteiger partial charge in [-0.05, 0) is 49.7 Å². The molecule has 4 heteroatoms.